The summed E-state index contributed by atoms with van der Waals surface area (Å²) >= 11 is 3.48. The van der Waals surface area contributed by atoms with Crippen molar-refractivity contribution in [1.29, 1.82) is 0 Å². The monoisotopic (exact) mass is 350 g/mol. The van der Waals surface area contributed by atoms with Gasteiger partial charge in [0.2, 0.25) is 5.91 Å². The minimum atomic E-state index is 0.279. The molecule has 0 spiro atoms. The van der Waals surface area contributed by atoms with Crippen LogP contribution in [0, 0.1) is 5.92 Å². The minimum Gasteiger partial charge on any atom is -0.341 e. The Hall–Kier alpha value is -0.870. The topological polar surface area (TPSA) is 32.3 Å². The molecule has 0 aromatic heterocycles. The maximum Gasteiger partial charge on any atom is 0.222 e. The van der Waals surface area contributed by atoms with E-state index in [2.05, 4.69) is 33.4 Å². The van der Waals surface area contributed by atoms with Crippen molar-refractivity contribution in [3.63, 3.8) is 0 Å². The molecule has 2 bridgehead atoms. The summed E-state index contributed by atoms with van der Waals surface area (Å²) in [5.41, 5.74) is 1.17. The van der Waals surface area contributed by atoms with E-state index in [1.807, 2.05) is 24.1 Å². The largest absolute Gasteiger partial charge is 0.341 e. The van der Waals surface area contributed by atoms with Gasteiger partial charge in [-0.1, -0.05) is 28.1 Å². The van der Waals surface area contributed by atoms with Crippen molar-refractivity contribution in [2.75, 3.05) is 7.05 Å². The summed E-state index contributed by atoms with van der Waals surface area (Å²) < 4.78 is 1.07. The first kappa shape index (κ1) is 15.0. The van der Waals surface area contributed by atoms with E-state index in [1.165, 1.54) is 31.2 Å². The summed E-state index contributed by atoms with van der Waals surface area (Å²) in [6.07, 6.45) is 5.64. The lowest BCUT2D eigenvalue weighted by Gasteiger charge is -2.30. The molecule has 1 aromatic rings. The van der Waals surface area contributed by atoms with Crippen LogP contribution in [0.2, 0.25) is 0 Å². The molecule has 1 aromatic carbocycles. The normalized spacial score (nSPS) is 27.6. The number of carbonyl (C=O) groups is 1. The molecule has 2 saturated heterocycles. The first-order valence-electron chi connectivity index (χ1n) is 7.84. The Balaban J connectivity index is 1.53. The second kappa shape index (κ2) is 6.49. The van der Waals surface area contributed by atoms with Gasteiger partial charge in [0, 0.05) is 36.6 Å². The maximum atomic E-state index is 12.4. The number of benzene rings is 1. The summed E-state index contributed by atoms with van der Waals surface area (Å²) in [7, 11) is 1.92. The van der Waals surface area contributed by atoms with Gasteiger partial charge in [-0.3, -0.25) is 4.79 Å². The summed E-state index contributed by atoms with van der Waals surface area (Å²) in [4.78, 5) is 14.3. The van der Waals surface area contributed by atoms with Crippen molar-refractivity contribution in [1.82, 2.24) is 10.2 Å². The average molecular weight is 351 g/mol. The van der Waals surface area contributed by atoms with E-state index in [4.69, 9.17) is 0 Å². The van der Waals surface area contributed by atoms with Crippen LogP contribution in [0.4, 0.5) is 0 Å². The molecule has 2 heterocycles. The molecular formula is C17H23BrN2O. The average Bonchev–Trinajstić information content (AvgIpc) is 2.78. The van der Waals surface area contributed by atoms with Crippen LogP contribution in [0.5, 0.6) is 0 Å². The Labute approximate surface area is 135 Å². The zero-order chi connectivity index (χ0) is 14.8. The number of rotatable bonds is 4. The third-order valence-corrected chi connectivity index (χ3v) is 5.26. The Morgan fingerprint density at radius 3 is 2.71 bits per heavy atom. The van der Waals surface area contributed by atoms with Crippen LogP contribution in [0.3, 0.4) is 0 Å². The number of hydrogen-bond acceptors (Lipinski definition) is 2. The van der Waals surface area contributed by atoms with Gasteiger partial charge in [0.1, 0.15) is 0 Å². The smallest absolute Gasteiger partial charge is 0.222 e. The molecule has 21 heavy (non-hydrogen) atoms. The highest BCUT2D eigenvalue weighted by Crippen LogP contribution is 2.33. The van der Waals surface area contributed by atoms with E-state index in [0.717, 1.165) is 4.47 Å². The van der Waals surface area contributed by atoms with Gasteiger partial charge in [0.25, 0.3) is 0 Å². The molecule has 2 atom stereocenters. The van der Waals surface area contributed by atoms with Gasteiger partial charge >= 0.3 is 0 Å². The van der Waals surface area contributed by atoms with E-state index in [9.17, 15) is 4.79 Å². The van der Waals surface area contributed by atoms with E-state index in [-0.39, 0.29) is 5.91 Å². The lowest BCUT2D eigenvalue weighted by atomic mass is 9.89. The fourth-order valence-electron chi connectivity index (χ4n) is 3.74. The molecule has 2 unspecified atom stereocenters. The molecule has 4 heteroatoms. The van der Waals surface area contributed by atoms with Crippen molar-refractivity contribution in [3.8, 4) is 0 Å². The highest BCUT2D eigenvalue weighted by Gasteiger charge is 2.34. The molecule has 3 nitrogen and oxygen atoms in total. The predicted octanol–water partition coefficient (Wildman–Crippen LogP) is 3.33. The Morgan fingerprint density at radius 2 is 2.05 bits per heavy atom. The second-order valence-corrected chi connectivity index (χ2v) is 7.47. The zero-order valence-electron chi connectivity index (χ0n) is 12.5. The summed E-state index contributed by atoms with van der Waals surface area (Å²) in [6.45, 7) is 0.691. The predicted molar refractivity (Wildman–Crippen MR) is 87.9 cm³/mol. The minimum absolute atomic E-state index is 0.279. The van der Waals surface area contributed by atoms with Crippen molar-refractivity contribution >= 4 is 21.8 Å². The Morgan fingerprint density at radius 1 is 1.33 bits per heavy atom. The highest BCUT2D eigenvalue weighted by molar-refractivity contribution is 9.10. The van der Waals surface area contributed by atoms with Crippen molar-refractivity contribution in [2.24, 2.45) is 5.92 Å². The van der Waals surface area contributed by atoms with Crippen LogP contribution in [0.1, 0.15) is 37.7 Å². The van der Waals surface area contributed by atoms with Gasteiger partial charge in [0.15, 0.2) is 0 Å². The Bertz CT molecular complexity index is 507. The molecule has 1 amide bonds. The van der Waals surface area contributed by atoms with Gasteiger partial charge in [-0.2, -0.15) is 0 Å². The molecular weight excluding hydrogens is 328 g/mol. The summed E-state index contributed by atoms with van der Waals surface area (Å²) in [5, 5.41) is 3.64. The van der Waals surface area contributed by atoms with Crippen LogP contribution < -0.4 is 5.32 Å². The van der Waals surface area contributed by atoms with Gasteiger partial charge in [-0.05, 0) is 49.3 Å². The Kier molecular flexibility index (Phi) is 4.65. The quantitative estimate of drug-likeness (QED) is 0.903. The van der Waals surface area contributed by atoms with Crippen LogP contribution in [0.25, 0.3) is 0 Å². The van der Waals surface area contributed by atoms with E-state index in [0.29, 0.717) is 31.0 Å². The van der Waals surface area contributed by atoms with Gasteiger partial charge < -0.3 is 10.2 Å². The zero-order valence-corrected chi connectivity index (χ0v) is 14.1. The standard InChI is InChI=1S/C17H23BrN2O/c1-20(11-12-3-2-4-14(18)7-12)17(21)10-13-8-15-5-6-16(9-13)19-15/h2-4,7,13,15-16,19H,5-6,8-11H2,1H3. The molecule has 2 fully saturated rings. The lowest BCUT2D eigenvalue weighted by molar-refractivity contribution is -0.131. The van der Waals surface area contributed by atoms with Gasteiger partial charge in [-0.15, -0.1) is 0 Å². The summed E-state index contributed by atoms with van der Waals surface area (Å²) in [5.74, 6) is 0.850. The van der Waals surface area contributed by atoms with Crippen molar-refractivity contribution in [3.05, 3.63) is 34.3 Å². The van der Waals surface area contributed by atoms with Crippen molar-refractivity contribution < 1.29 is 4.79 Å². The second-order valence-electron chi connectivity index (χ2n) is 6.56. The van der Waals surface area contributed by atoms with E-state index < -0.39 is 0 Å². The number of fused-ring (bicyclic) bond motifs is 2. The molecule has 3 rings (SSSR count). The van der Waals surface area contributed by atoms with E-state index >= 15 is 0 Å². The fourth-order valence-corrected chi connectivity index (χ4v) is 4.19. The molecule has 0 saturated carbocycles. The maximum absolute atomic E-state index is 12.4. The van der Waals surface area contributed by atoms with Crippen LogP contribution in [-0.4, -0.2) is 29.9 Å². The number of nitrogens with zero attached hydrogens (tertiary/aromatic N) is 1. The van der Waals surface area contributed by atoms with Gasteiger partial charge in [-0.25, -0.2) is 0 Å². The lowest BCUT2D eigenvalue weighted by Crippen LogP contribution is -2.39. The summed E-state index contributed by atoms with van der Waals surface area (Å²) in [6, 6.07) is 9.50. The fraction of sp³-hybridized carbons (Fsp3) is 0.588. The molecule has 2 aliphatic heterocycles. The number of halogens is 1. The van der Waals surface area contributed by atoms with Crippen LogP contribution >= 0.6 is 15.9 Å². The third-order valence-electron chi connectivity index (χ3n) is 4.77. The SMILES string of the molecule is CN(Cc1cccc(Br)c1)C(=O)CC1CC2CCC(C1)N2. The third kappa shape index (κ3) is 3.86. The first-order valence-corrected chi connectivity index (χ1v) is 8.64. The molecule has 0 aliphatic carbocycles. The highest BCUT2D eigenvalue weighted by atomic mass is 79.9. The van der Waals surface area contributed by atoms with E-state index in [1.54, 1.807) is 0 Å². The van der Waals surface area contributed by atoms with Crippen LogP contribution in [-0.2, 0) is 11.3 Å². The van der Waals surface area contributed by atoms with Crippen LogP contribution in [0.15, 0.2) is 28.7 Å². The van der Waals surface area contributed by atoms with Crippen molar-refractivity contribution in [2.45, 2.75) is 50.7 Å². The number of piperidine rings is 1. The number of nitrogens with one attached hydrogen (secondary N) is 1. The number of amides is 1. The molecule has 114 valence electrons. The molecule has 1 N–H and O–H groups in total. The molecule has 0 radical (unpaired) electrons. The first-order chi connectivity index (χ1) is 10.1. The number of hydrogen-bond donors (Lipinski definition) is 1. The number of carbonyl (C=O) groups excluding carboxylic acids is 1. The molecule has 2 aliphatic rings. The van der Waals surface area contributed by atoms with Gasteiger partial charge in [0.05, 0.1) is 0 Å².